The summed E-state index contributed by atoms with van der Waals surface area (Å²) in [6, 6.07) is 8.28. The maximum Gasteiger partial charge on any atom is 0.322 e. The van der Waals surface area contributed by atoms with Crippen LogP contribution in [0.3, 0.4) is 0 Å². The number of anilines is 2. The highest BCUT2D eigenvalue weighted by Gasteiger charge is 2.31. The number of aryl methyl sites for hydroxylation is 1. The summed E-state index contributed by atoms with van der Waals surface area (Å²) in [6.07, 6.45) is 2.69. The average molecular weight is 455 g/mol. The summed E-state index contributed by atoms with van der Waals surface area (Å²) in [6.45, 7) is 7.55. The van der Waals surface area contributed by atoms with Crippen molar-refractivity contribution in [3.63, 3.8) is 0 Å². The van der Waals surface area contributed by atoms with Crippen LogP contribution in [0.4, 0.5) is 15.6 Å². The van der Waals surface area contributed by atoms with Crippen molar-refractivity contribution in [2.75, 3.05) is 56.0 Å². The average Bonchev–Trinajstić information content (AvgIpc) is 3.13. The molecule has 170 valence electrons. The summed E-state index contributed by atoms with van der Waals surface area (Å²) in [4.78, 5) is 37.5. The Balaban J connectivity index is 1.22. The molecule has 3 aliphatic rings. The van der Waals surface area contributed by atoms with Crippen LogP contribution in [-0.4, -0.2) is 78.6 Å². The van der Waals surface area contributed by atoms with Gasteiger partial charge in [-0.1, -0.05) is 29.5 Å². The highest BCUT2D eigenvalue weighted by atomic mass is 32.1. The summed E-state index contributed by atoms with van der Waals surface area (Å²) in [7, 11) is 0. The molecule has 0 spiro atoms. The molecular formula is C23H30N6O2S. The predicted molar refractivity (Wildman–Crippen MR) is 127 cm³/mol. The number of aromatic nitrogens is 1. The van der Waals surface area contributed by atoms with Gasteiger partial charge in [-0.25, -0.2) is 9.78 Å². The third-order valence-electron chi connectivity index (χ3n) is 6.70. The fraction of sp³-hybridized carbons (Fsp3) is 0.522. The number of piperidine rings is 1. The smallest absolute Gasteiger partial charge is 0.322 e. The number of hydrogen-bond donors (Lipinski definition) is 2. The number of amides is 3. The molecule has 1 aromatic heterocycles. The van der Waals surface area contributed by atoms with E-state index in [1.807, 2.05) is 34.9 Å². The number of para-hydroxylation sites is 1. The molecule has 3 aliphatic heterocycles. The van der Waals surface area contributed by atoms with Crippen LogP contribution in [0.1, 0.15) is 33.8 Å². The zero-order valence-electron chi connectivity index (χ0n) is 18.5. The number of hydrogen-bond acceptors (Lipinski definition) is 6. The number of thiazole rings is 1. The van der Waals surface area contributed by atoms with Crippen LogP contribution in [0.25, 0.3) is 0 Å². The van der Waals surface area contributed by atoms with E-state index in [0.717, 1.165) is 86.5 Å². The SMILES string of the molecule is Cc1nc(N2CCC(N3CCc4ccccc4NC3=O)CC2)sc1C(=O)N1CCNCC1. The van der Waals surface area contributed by atoms with Crippen molar-refractivity contribution in [3.05, 3.63) is 40.4 Å². The largest absolute Gasteiger partial charge is 0.348 e. The van der Waals surface area contributed by atoms with Crippen LogP contribution in [0.2, 0.25) is 0 Å². The van der Waals surface area contributed by atoms with E-state index in [0.29, 0.717) is 0 Å². The second kappa shape index (κ2) is 9.07. The van der Waals surface area contributed by atoms with Gasteiger partial charge in [0, 0.05) is 57.5 Å². The third kappa shape index (κ3) is 4.19. The molecule has 0 bridgehead atoms. The van der Waals surface area contributed by atoms with Gasteiger partial charge in [-0.2, -0.15) is 0 Å². The van der Waals surface area contributed by atoms with Crippen LogP contribution < -0.4 is 15.5 Å². The zero-order valence-corrected chi connectivity index (χ0v) is 19.3. The number of carbonyl (C=O) groups is 2. The lowest BCUT2D eigenvalue weighted by atomic mass is 10.0. The Kier molecular flexibility index (Phi) is 6.01. The number of rotatable bonds is 3. The fourth-order valence-electron chi connectivity index (χ4n) is 4.83. The molecule has 0 atom stereocenters. The Labute approximate surface area is 192 Å². The van der Waals surface area contributed by atoms with E-state index in [1.54, 1.807) is 0 Å². The van der Waals surface area contributed by atoms with E-state index in [9.17, 15) is 9.59 Å². The van der Waals surface area contributed by atoms with E-state index in [2.05, 4.69) is 21.6 Å². The molecule has 0 radical (unpaired) electrons. The second-order valence-corrected chi connectivity index (χ2v) is 9.68. The Morgan fingerprint density at radius 1 is 1.09 bits per heavy atom. The Hall–Kier alpha value is -2.65. The van der Waals surface area contributed by atoms with Crippen molar-refractivity contribution in [1.29, 1.82) is 0 Å². The summed E-state index contributed by atoms with van der Waals surface area (Å²) in [5.74, 6) is 0.100. The molecular weight excluding hydrogens is 424 g/mol. The van der Waals surface area contributed by atoms with Crippen LogP contribution in [0.15, 0.2) is 24.3 Å². The van der Waals surface area contributed by atoms with Gasteiger partial charge in [0.15, 0.2) is 5.13 Å². The Morgan fingerprint density at radius 3 is 2.62 bits per heavy atom. The standard InChI is InChI=1S/C23H30N6O2S/c1-16-20(21(30)27-14-9-24-10-15-27)32-23(25-16)28-11-7-18(8-12-28)29-13-6-17-4-2-3-5-19(17)26-22(29)31/h2-5,18,24H,6-15H2,1H3,(H,26,31). The molecule has 2 aromatic rings. The first-order chi connectivity index (χ1) is 15.6. The summed E-state index contributed by atoms with van der Waals surface area (Å²) >= 11 is 1.51. The summed E-state index contributed by atoms with van der Waals surface area (Å²) < 4.78 is 0. The van der Waals surface area contributed by atoms with Crippen LogP contribution in [0.5, 0.6) is 0 Å². The van der Waals surface area contributed by atoms with Gasteiger partial charge in [0.1, 0.15) is 4.88 Å². The highest BCUT2D eigenvalue weighted by Crippen LogP contribution is 2.31. The number of carbonyl (C=O) groups excluding carboxylic acids is 2. The number of benzene rings is 1. The Bertz CT molecular complexity index is 994. The number of nitrogens with one attached hydrogen (secondary N) is 2. The fourth-order valence-corrected chi connectivity index (χ4v) is 5.92. The van der Waals surface area contributed by atoms with Crippen molar-refractivity contribution in [2.45, 2.75) is 32.2 Å². The van der Waals surface area contributed by atoms with E-state index < -0.39 is 0 Å². The number of nitrogens with zero attached hydrogens (tertiary/aromatic N) is 4. The van der Waals surface area contributed by atoms with Crippen molar-refractivity contribution in [1.82, 2.24) is 20.1 Å². The molecule has 1 aromatic carbocycles. The van der Waals surface area contributed by atoms with Gasteiger partial charge in [-0.05, 0) is 37.8 Å². The van der Waals surface area contributed by atoms with Crippen molar-refractivity contribution in [3.8, 4) is 0 Å². The lowest BCUT2D eigenvalue weighted by Gasteiger charge is -2.37. The zero-order chi connectivity index (χ0) is 22.1. The van der Waals surface area contributed by atoms with Gasteiger partial charge < -0.3 is 25.3 Å². The van der Waals surface area contributed by atoms with E-state index in [1.165, 1.54) is 16.9 Å². The van der Waals surface area contributed by atoms with Gasteiger partial charge in [-0.3, -0.25) is 4.79 Å². The molecule has 8 nitrogen and oxygen atoms in total. The molecule has 5 rings (SSSR count). The molecule has 2 fully saturated rings. The maximum absolute atomic E-state index is 12.9. The van der Waals surface area contributed by atoms with Gasteiger partial charge in [0.05, 0.1) is 5.69 Å². The minimum atomic E-state index is 0.00222. The van der Waals surface area contributed by atoms with Crippen LogP contribution >= 0.6 is 11.3 Å². The third-order valence-corrected chi connectivity index (χ3v) is 7.91. The van der Waals surface area contributed by atoms with Crippen LogP contribution in [0, 0.1) is 6.92 Å². The molecule has 32 heavy (non-hydrogen) atoms. The molecule has 2 N–H and O–H groups in total. The quantitative estimate of drug-likeness (QED) is 0.745. The summed E-state index contributed by atoms with van der Waals surface area (Å²) in [5.41, 5.74) is 2.94. The van der Waals surface area contributed by atoms with E-state index >= 15 is 0 Å². The summed E-state index contributed by atoms with van der Waals surface area (Å²) in [5, 5.41) is 7.30. The minimum absolute atomic E-state index is 0.00222. The highest BCUT2D eigenvalue weighted by molar-refractivity contribution is 7.17. The van der Waals surface area contributed by atoms with Crippen molar-refractivity contribution >= 4 is 34.1 Å². The minimum Gasteiger partial charge on any atom is -0.348 e. The monoisotopic (exact) mass is 454 g/mol. The molecule has 0 aliphatic carbocycles. The first-order valence-corrected chi connectivity index (χ1v) is 12.3. The number of piperazine rings is 1. The van der Waals surface area contributed by atoms with Gasteiger partial charge in [0.25, 0.3) is 5.91 Å². The lowest BCUT2D eigenvalue weighted by molar-refractivity contribution is 0.0739. The van der Waals surface area contributed by atoms with Crippen molar-refractivity contribution < 1.29 is 9.59 Å². The first-order valence-electron chi connectivity index (χ1n) is 11.5. The molecule has 2 saturated heterocycles. The molecule has 9 heteroatoms. The maximum atomic E-state index is 12.9. The molecule has 0 unspecified atom stereocenters. The van der Waals surface area contributed by atoms with E-state index in [-0.39, 0.29) is 18.0 Å². The molecule has 4 heterocycles. The number of fused-ring (bicyclic) bond motifs is 1. The van der Waals surface area contributed by atoms with Gasteiger partial charge in [0.2, 0.25) is 0 Å². The second-order valence-electron chi connectivity index (χ2n) is 8.70. The molecule has 3 amide bonds. The molecule has 0 saturated carbocycles. The Morgan fingerprint density at radius 2 is 1.84 bits per heavy atom. The lowest BCUT2D eigenvalue weighted by Crippen LogP contribution is -2.48. The topological polar surface area (TPSA) is 80.8 Å². The van der Waals surface area contributed by atoms with Gasteiger partial charge in [-0.15, -0.1) is 0 Å². The van der Waals surface area contributed by atoms with Gasteiger partial charge >= 0.3 is 6.03 Å². The van der Waals surface area contributed by atoms with Crippen molar-refractivity contribution in [2.24, 2.45) is 0 Å². The van der Waals surface area contributed by atoms with E-state index in [4.69, 9.17) is 4.98 Å². The number of urea groups is 1. The predicted octanol–water partition coefficient (Wildman–Crippen LogP) is 2.56. The normalized spacial score (nSPS) is 20.0. The van der Waals surface area contributed by atoms with Crippen LogP contribution in [-0.2, 0) is 6.42 Å². The first kappa shape index (κ1) is 21.2.